The maximum Gasteiger partial charge on any atom is 0.248 e. The lowest BCUT2D eigenvalue weighted by atomic mass is 9.89. The minimum atomic E-state index is -0.676. The van der Waals surface area contributed by atoms with Crippen molar-refractivity contribution in [3.8, 4) is 0 Å². The van der Waals surface area contributed by atoms with Crippen molar-refractivity contribution >= 4 is 11.8 Å². The molecule has 2 aliphatic rings. The highest BCUT2D eigenvalue weighted by atomic mass is 16.5. The third-order valence-electron chi connectivity index (χ3n) is 4.33. The van der Waals surface area contributed by atoms with Crippen LogP contribution in [-0.2, 0) is 14.3 Å². The lowest BCUT2D eigenvalue weighted by Crippen LogP contribution is -2.69. The number of nitrogens with zero attached hydrogens (tertiary/aromatic N) is 1. The normalized spacial score (nSPS) is 31.5. The zero-order valence-corrected chi connectivity index (χ0v) is 12.1. The van der Waals surface area contributed by atoms with E-state index in [2.05, 4.69) is 5.32 Å². The third kappa shape index (κ3) is 2.76. The van der Waals surface area contributed by atoms with Crippen LogP contribution in [0.5, 0.6) is 0 Å². The minimum absolute atomic E-state index is 0.0271. The van der Waals surface area contributed by atoms with E-state index in [0.717, 1.165) is 25.7 Å². The zero-order valence-electron chi connectivity index (χ0n) is 12.1. The zero-order chi connectivity index (χ0) is 14.0. The molecule has 1 aliphatic heterocycles. The number of methoxy groups -OCH3 is 1. The van der Waals surface area contributed by atoms with E-state index >= 15 is 0 Å². The molecule has 1 heterocycles. The number of hydrogen-bond donors (Lipinski definition) is 1. The van der Waals surface area contributed by atoms with E-state index in [1.165, 1.54) is 0 Å². The summed E-state index contributed by atoms with van der Waals surface area (Å²) in [7, 11) is 1.67. The van der Waals surface area contributed by atoms with E-state index in [9.17, 15) is 9.59 Å². The highest BCUT2D eigenvalue weighted by Gasteiger charge is 2.54. The molecule has 0 aromatic heterocycles. The van der Waals surface area contributed by atoms with E-state index in [0.29, 0.717) is 19.1 Å². The van der Waals surface area contributed by atoms with E-state index < -0.39 is 5.54 Å². The lowest BCUT2D eigenvalue weighted by molar-refractivity contribution is -0.154. The van der Waals surface area contributed by atoms with Gasteiger partial charge in [0, 0.05) is 20.3 Å². The first-order valence-corrected chi connectivity index (χ1v) is 7.12. The fourth-order valence-corrected chi connectivity index (χ4v) is 2.79. The fraction of sp³-hybridized carbons (Fsp3) is 0.857. The Labute approximate surface area is 114 Å². The van der Waals surface area contributed by atoms with Crippen LogP contribution in [0.15, 0.2) is 0 Å². The van der Waals surface area contributed by atoms with Gasteiger partial charge in [0.25, 0.3) is 0 Å². The van der Waals surface area contributed by atoms with Crippen LogP contribution < -0.4 is 5.32 Å². The van der Waals surface area contributed by atoms with Crippen molar-refractivity contribution in [1.29, 1.82) is 0 Å². The molecule has 2 fully saturated rings. The number of nitrogens with one attached hydrogen (secondary N) is 1. The molecule has 5 heteroatoms. The Hall–Kier alpha value is -1.10. The quantitative estimate of drug-likeness (QED) is 0.729. The smallest absolute Gasteiger partial charge is 0.248 e. The van der Waals surface area contributed by atoms with Crippen molar-refractivity contribution < 1.29 is 14.3 Å². The van der Waals surface area contributed by atoms with Crippen LogP contribution in [0.4, 0.5) is 0 Å². The number of piperazine rings is 1. The summed E-state index contributed by atoms with van der Waals surface area (Å²) in [5, 5.41) is 2.93. The van der Waals surface area contributed by atoms with Gasteiger partial charge in [-0.15, -0.1) is 0 Å². The second kappa shape index (κ2) is 5.49. The molecule has 1 saturated carbocycles. The first-order chi connectivity index (χ1) is 9.00. The molecule has 0 spiro atoms. The van der Waals surface area contributed by atoms with Crippen LogP contribution in [-0.4, -0.2) is 48.6 Å². The van der Waals surface area contributed by atoms with Gasteiger partial charge in [-0.1, -0.05) is 0 Å². The number of unbranched alkanes of at least 4 members (excludes halogenated alkanes) is 1. The number of carbonyl (C=O) groups is 2. The van der Waals surface area contributed by atoms with Crippen molar-refractivity contribution in [2.45, 2.75) is 51.1 Å². The number of carbonyl (C=O) groups excluding carboxylic acids is 2. The van der Waals surface area contributed by atoms with Crippen molar-refractivity contribution in [3.05, 3.63) is 0 Å². The molecule has 2 atom stereocenters. The number of ether oxygens (including phenoxy) is 1. The largest absolute Gasteiger partial charge is 0.385 e. The van der Waals surface area contributed by atoms with Gasteiger partial charge < -0.3 is 15.0 Å². The van der Waals surface area contributed by atoms with Crippen LogP contribution in [0.2, 0.25) is 0 Å². The van der Waals surface area contributed by atoms with Crippen LogP contribution >= 0.6 is 0 Å². The second-order valence-corrected chi connectivity index (χ2v) is 5.84. The van der Waals surface area contributed by atoms with Gasteiger partial charge in [0.1, 0.15) is 11.6 Å². The predicted octanol–water partition coefficient (Wildman–Crippen LogP) is 0.929. The van der Waals surface area contributed by atoms with Gasteiger partial charge >= 0.3 is 0 Å². The minimum Gasteiger partial charge on any atom is -0.385 e. The first kappa shape index (κ1) is 14.3. The molecular formula is C14H24N2O3. The van der Waals surface area contributed by atoms with Crippen LogP contribution in [0.1, 0.15) is 39.5 Å². The standard InChI is InChI=1S/C14H24N2O3/c1-10-12(17)15-14(2,11-6-7-11)13(18)16(10)8-4-5-9-19-3/h10-11H,4-9H2,1-3H3,(H,15,17). The van der Waals surface area contributed by atoms with Crippen LogP contribution in [0, 0.1) is 5.92 Å². The van der Waals surface area contributed by atoms with Gasteiger partial charge in [0.15, 0.2) is 0 Å². The average molecular weight is 268 g/mol. The Morgan fingerprint density at radius 3 is 2.63 bits per heavy atom. The van der Waals surface area contributed by atoms with Gasteiger partial charge in [-0.3, -0.25) is 9.59 Å². The molecule has 5 nitrogen and oxygen atoms in total. The Morgan fingerprint density at radius 1 is 1.37 bits per heavy atom. The van der Waals surface area contributed by atoms with E-state index in [1.54, 1.807) is 18.9 Å². The topological polar surface area (TPSA) is 58.6 Å². The van der Waals surface area contributed by atoms with Gasteiger partial charge in [-0.2, -0.15) is 0 Å². The Bertz CT molecular complexity index is 368. The second-order valence-electron chi connectivity index (χ2n) is 5.84. The average Bonchev–Trinajstić information content (AvgIpc) is 3.20. The first-order valence-electron chi connectivity index (χ1n) is 7.12. The summed E-state index contributed by atoms with van der Waals surface area (Å²) in [5.41, 5.74) is -0.676. The summed E-state index contributed by atoms with van der Waals surface area (Å²) in [6, 6.07) is -0.359. The highest BCUT2D eigenvalue weighted by molar-refractivity contribution is 5.99. The number of amides is 2. The molecule has 2 rings (SSSR count). The highest BCUT2D eigenvalue weighted by Crippen LogP contribution is 2.42. The van der Waals surface area contributed by atoms with Crippen molar-refractivity contribution in [2.75, 3.05) is 20.3 Å². The SMILES string of the molecule is COCCCCN1C(=O)C(C)(C2CC2)NC(=O)C1C. The van der Waals surface area contributed by atoms with E-state index in [4.69, 9.17) is 4.74 Å². The number of hydrogen-bond acceptors (Lipinski definition) is 3. The molecule has 1 aliphatic carbocycles. The van der Waals surface area contributed by atoms with Gasteiger partial charge in [0.2, 0.25) is 11.8 Å². The molecule has 108 valence electrons. The molecule has 1 saturated heterocycles. The molecule has 2 amide bonds. The van der Waals surface area contributed by atoms with Crippen LogP contribution in [0.25, 0.3) is 0 Å². The predicted molar refractivity (Wildman–Crippen MR) is 71.6 cm³/mol. The summed E-state index contributed by atoms with van der Waals surface area (Å²) in [6.45, 7) is 5.01. The maximum absolute atomic E-state index is 12.6. The molecule has 2 unspecified atom stereocenters. The molecular weight excluding hydrogens is 244 g/mol. The van der Waals surface area contributed by atoms with E-state index in [1.807, 2.05) is 6.92 Å². The molecule has 1 N–H and O–H groups in total. The van der Waals surface area contributed by atoms with Crippen LogP contribution in [0.3, 0.4) is 0 Å². The Morgan fingerprint density at radius 2 is 2.05 bits per heavy atom. The Balaban J connectivity index is 2.02. The van der Waals surface area contributed by atoms with Crippen molar-refractivity contribution in [3.63, 3.8) is 0 Å². The number of rotatable bonds is 6. The van der Waals surface area contributed by atoms with Gasteiger partial charge in [-0.05, 0) is 45.4 Å². The summed E-state index contributed by atoms with van der Waals surface area (Å²) in [4.78, 5) is 26.4. The molecule has 0 aromatic rings. The lowest BCUT2D eigenvalue weighted by Gasteiger charge is -2.43. The third-order valence-corrected chi connectivity index (χ3v) is 4.33. The molecule has 0 aromatic carbocycles. The van der Waals surface area contributed by atoms with Gasteiger partial charge in [-0.25, -0.2) is 0 Å². The summed E-state index contributed by atoms with van der Waals surface area (Å²) >= 11 is 0. The van der Waals surface area contributed by atoms with E-state index in [-0.39, 0.29) is 17.9 Å². The van der Waals surface area contributed by atoms with Crippen molar-refractivity contribution in [1.82, 2.24) is 10.2 Å². The molecule has 19 heavy (non-hydrogen) atoms. The summed E-state index contributed by atoms with van der Waals surface area (Å²) < 4.78 is 5.01. The van der Waals surface area contributed by atoms with Crippen molar-refractivity contribution in [2.24, 2.45) is 5.92 Å². The fourth-order valence-electron chi connectivity index (χ4n) is 2.79. The van der Waals surface area contributed by atoms with Gasteiger partial charge in [0.05, 0.1) is 0 Å². The monoisotopic (exact) mass is 268 g/mol. The summed E-state index contributed by atoms with van der Waals surface area (Å²) in [6.07, 6.45) is 3.86. The molecule has 0 radical (unpaired) electrons. The summed E-state index contributed by atoms with van der Waals surface area (Å²) in [5.74, 6) is 0.373. The maximum atomic E-state index is 12.6. The molecule has 0 bridgehead atoms. The Kier molecular flexibility index (Phi) is 4.13.